The lowest BCUT2D eigenvalue weighted by atomic mass is 10.1. The summed E-state index contributed by atoms with van der Waals surface area (Å²) in [4.78, 5) is 14.5. The molecule has 21 heavy (non-hydrogen) atoms. The second-order valence-electron chi connectivity index (χ2n) is 5.37. The van der Waals surface area contributed by atoms with Gasteiger partial charge in [-0.3, -0.25) is 4.79 Å². The third kappa shape index (κ3) is 2.44. The SMILES string of the molecule is Cc1cc(C2CCCN2C(=O)c2ccc(N)cc2N)on1. The van der Waals surface area contributed by atoms with Crippen LogP contribution in [0.3, 0.4) is 0 Å². The largest absolute Gasteiger partial charge is 0.399 e. The normalized spacial score (nSPS) is 18.1. The van der Waals surface area contributed by atoms with Crippen molar-refractivity contribution in [3.63, 3.8) is 0 Å². The number of rotatable bonds is 2. The van der Waals surface area contributed by atoms with Gasteiger partial charge in [-0.05, 0) is 38.0 Å². The highest BCUT2D eigenvalue weighted by atomic mass is 16.5. The number of nitrogens with zero attached hydrogens (tertiary/aromatic N) is 2. The van der Waals surface area contributed by atoms with Crippen LogP contribution in [0.5, 0.6) is 0 Å². The van der Waals surface area contributed by atoms with E-state index in [9.17, 15) is 4.79 Å². The second-order valence-corrected chi connectivity index (χ2v) is 5.37. The fourth-order valence-electron chi connectivity index (χ4n) is 2.78. The molecule has 0 saturated carbocycles. The molecule has 1 aromatic heterocycles. The van der Waals surface area contributed by atoms with Crippen LogP contribution in [0, 0.1) is 6.92 Å². The van der Waals surface area contributed by atoms with Gasteiger partial charge in [-0.1, -0.05) is 5.16 Å². The van der Waals surface area contributed by atoms with Gasteiger partial charge in [-0.15, -0.1) is 0 Å². The Labute approximate surface area is 122 Å². The lowest BCUT2D eigenvalue weighted by Crippen LogP contribution is -2.31. The first kappa shape index (κ1) is 13.5. The summed E-state index contributed by atoms with van der Waals surface area (Å²) in [6.07, 6.45) is 1.81. The first-order chi connectivity index (χ1) is 10.1. The molecule has 110 valence electrons. The second kappa shape index (κ2) is 5.12. The molecule has 2 heterocycles. The van der Waals surface area contributed by atoms with Crippen molar-refractivity contribution in [2.24, 2.45) is 0 Å². The molecule has 1 fully saturated rings. The van der Waals surface area contributed by atoms with Gasteiger partial charge >= 0.3 is 0 Å². The molecule has 1 unspecified atom stereocenters. The lowest BCUT2D eigenvalue weighted by molar-refractivity contribution is 0.0715. The topological polar surface area (TPSA) is 98.4 Å². The molecule has 0 radical (unpaired) electrons. The summed E-state index contributed by atoms with van der Waals surface area (Å²) >= 11 is 0. The maximum atomic E-state index is 12.7. The van der Waals surface area contributed by atoms with Gasteiger partial charge in [-0.2, -0.15) is 0 Å². The molecule has 1 atom stereocenters. The minimum Gasteiger partial charge on any atom is -0.399 e. The van der Waals surface area contributed by atoms with Crippen LogP contribution in [0.4, 0.5) is 11.4 Å². The molecule has 0 bridgehead atoms. The Morgan fingerprint density at radius 2 is 2.19 bits per heavy atom. The highest BCUT2D eigenvalue weighted by Gasteiger charge is 2.33. The highest BCUT2D eigenvalue weighted by molar-refractivity contribution is 6.00. The van der Waals surface area contributed by atoms with E-state index in [1.807, 2.05) is 13.0 Å². The van der Waals surface area contributed by atoms with Crippen molar-refractivity contribution < 1.29 is 9.32 Å². The zero-order valence-electron chi connectivity index (χ0n) is 11.9. The number of carbonyl (C=O) groups excluding carboxylic acids is 1. The number of aromatic nitrogens is 1. The van der Waals surface area contributed by atoms with E-state index >= 15 is 0 Å². The van der Waals surface area contributed by atoms with Crippen LogP contribution < -0.4 is 11.5 Å². The molecule has 4 N–H and O–H groups in total. The van der Waals surface area contributed by atoms with Crippen LogP contribution in [0.2, 0.25) is 0 Å². The molecular formula is C15H18N4O2. The smallest absolute Gasteiger partial charge is 0.256 e. The third-order valence-corrected chi connectivity index (χ3v) is 3.79. The van der Waals surface area contributed by atoms with Crippen molar-refractivity contribution in [3.8, 4) is 0 Å². The van der Waals surface area contributed by atoms with Gasteiger partial charge in [-0.25, -0.2) is 0 Å². The van der Waals surface area contributed by atoms with E-state index in [4.69, 9.17) is 16.0 Å². The van der Waals surface area contributed by atoms with Gasteiger partial charge in [0.25, 0.3) is 5.91 Å². The van der Waals surface area contributed by atoms with E-state index in [1.165, 1.54) is 0 Å². The standard InChI is InChI=1S/C15H18N4O2/c1-9-7-14(21-18-9)13-3-2-6-19(13)15(20)11-5-4-10(16)8-12(11)17/h4-5,7-8,13H,2-3,6,16-17H2,1H3. The molecule has 1 aromatic carbocycles. The predicted octanol–water partition coefficient (Wildman–Crippen LogP) is 2.12. The fourth-order valence-corrected chi connectivity index (χ4v) is 2.78. The Balaban J connectivity index is 1.89. The molecule has 6 heteroatoms. The summed E-state index contributed by atoms with van der Waals surface area (Å²) in [5, 5.41) is 3.90. The summed E-state index contributed by atoms with van der Waals surface area (Å²) in [5.41, 5.74) is 13.8. The van der Waals surface area contributed by atoms with Gasteiger partial charge in [0.05, 0.1) is 17.3 Å². The number of anilines is 2. The molecule has 6 nitrogen and oxygen atoms in total. The maximum Gasteiger partial charge on any atom is 0.256 e. The minimum atomic E-state index is -0.0935. The number of nitrogens with two attached hydrogens (primary N) is 2. The number of amides is 1. The number of carbonyl (C=O) groups is 1. The predicted molar refractivity (Wildman–Crippen MR) is 79.5 cm³/mol. The number of nitrogen functional groups attached to an aromatic ring is 2. The van der Waals surface area contributed by atoms with E-state index in [2.05, 4.69) is 5.16 Å². The average molecular weight is 286 g/mol. The van der Waals surface area contributed by atoms with Crippen molar-refractivity contribution in [2.45, 2.75) is 25.8 Å². The maximum absolute atomic E-state index is 12.7. The number of benzene rings is 1. The van der Waals surface area contributed by atoms with Gasteiger partial charge < -0.3 is 20.9 Å². The highest BCUT2D eigenvalue weighted by Crippen LogP contribution is 2.34. The molecule has 0 aliphatic carbocycles. The van der Waals surface area contributed by atoms with Crippen LogP contribution in [0.15, 0.2) is 28.8 Å². The summed E-state index contributed by atoms with van der Waals surface area (Å²) < 4.78 is 5.32. The molecule has 1 aliphatic rings. The molecule has 2 aromatic rings. The van der Waals surface area contributed by atoms with Gasteiger partial charge in [0.1, 0.15) is 0 Å². The summed E-state index contributed by atoms with van der Waals surface area (Å²) in [6.45, 7) is 2.55. The van der Waals surface area contributed by atoms with Crippen molar-refractivity contribution in [1.82, 2.24) is 10.1 Å². The van der Waals surface area contributed by atoms with Crippen molar-refractivity contribution >= 4 is 17.3 Å². The summed E-state index contributed by atoms with van der Waals surface area (Å²) in [5.74, 6) is 0.636. The van der Waals surface area contributed by atoms with Crippen molar-refractivity contribution in [2.75, 3.05) is 18.0 Å². The zero-order chi connectivity index (χ0) is 15.0. The molecule has 1 aliphatic heterocycles. The number of aryl methyl sites for hydroxylation is 1. The van der Waals surface area contributed by atoms with E-state index in [0.717, 1.165) is 24.3 Å². The number of likely N-dealkylation sites (tertiary alicyclic amines) is 1. The molecule has 0 spiro atoms. The molecule has 3 rings (SSSR count). The van der Waals surface area contributed by atoms with Gasteiger partial charge in [0.2, 0.25) is 0 Å². The van der Waals surface area contributed by atoms with Gasteiger partial charge in [0, 0.05) is 24.0 Å². The molecule has 1 amide bonds. The minimum absolute atomic E-state index is 0.0735. The van der Waals surface area contributed by atoms with Crippen LogP contribution >= 0.6 is 0 Å². The van der Waals surface area contributed by atoms with Crippen molar-refractivity contribution in [1.29, 1.82) is 0 Å². The molecule has 1 saturated heterocycles. The number of hydrogen-bond acceptors (Lipinski definition) is 5. The fraction of sp³-hybridized carbons (Fsp3) is 0.333. The van der Waals surface area contributed by atoms with Gasteiger partial charge in [0.15, 0.2) is 5.76 Å². The van der Waals surface area contributed by atoms with E-state index < -0.39 is 0 Å². The lowest BCUT2D eigenvalue weighted by Gasteiger charge is -2.23. The third-order valence-electron chi connectivity index (χ3n) is 3.79. The monoisotopic (exact) mass is 286 g/mol. The average Bonchev–Trinajstić information content (AvgIpc) is 3.06. The van der Waals surface area contributed by atoms with E-state index in [0.29, 0.717) is 23.5 Å². The quantitative estimate of drug-likeness (QED) is 0.824. The summed E-state index contributed by atoms with van der Waals surface area (Å²) in [6, 6.07) is 6.77. The zero-order valence-corrected chi connectivity index (χ0v) is 11.9. The van der Waals surface area contributed by atoms with Crippen LogP contribution in [-0.4, -0.2) is 22.5 Å². The van der Waals surface area contributed by atoms with E-state index in [-0.39, 0.29) is 11.9 Å². The van der Waals surface area contributed by atoms with Crippen molar-refractivity contribution in [3.05, 3.63) is 41.3 Å². The Bertz CT molecular complexity index is 680. The first-order valence-corrected chi connectivity index (χ1v) is 6.95. The van der Waals surface area contributed by atoms with E-state index in [1.54, 1.807) is 23.1 Å². The Morgan fingerprint density at radius 3 is 2.86 bits per heavy atom. The molecular weight excluding hydrogens is 268 g/mol. The Morgan fingerprint density at radius 1 is 1.38 bits per heavy atom. The number of hydrogen-bond donors (Lipinski definition) is 2. The van der Waals surface area contributed by atoms with Crippen LogP contribution in [0.1, 0.15) is 40.7 Å². The summed E-state index contributed by atoms with van der Waals surface area (Å²) in [7, 11) is 0. The Hall–Kier alpha value is -2.50. The first-order valence-electron chi connectivity index (χ1n) is 6.95. The van der Waals surface area contributed by atoms with Crippen LogP contribution in [-0.2, 0) is 0 Å². The van der Waals surface area contributed by atoms with Crippen LogP contribution in [0.25, 0.3) is 0 Å². The Kier molecular flexibility index (Phi) is 3.29.